The van der Waals surface area contributed by atoms with E-state index >= 15 is 0 Å². The van der Waals surface area contributed by atoms with Crippen molar-refractivity contribution < 1.29 is 37.3 Å². The highest BCUT2D eigenvalue weighted by molar-refractivity contribution is 7.17. The Kier molecular flexibility index (Phi) is 4.30. The zero-order chi connectivity index (χ0) is 15.7. The summed E-state index contributed by atoms with van der Waals surface area (Å²) in [6.45, 7) is 0. The summed E-state index contributed by atoms with van der Waals surface area (Å²) in [7, 11) is 1.71. The lowest BCUT2D eigenvalue weighted by Gasteiger charge is -2.27. The Hall–Kier alpha value is -1.81. The van der Waals surface area contributed by atoms with Gasteiger partial charge in [-0.1, -0.05) is 0 Å². The molecule has 20 heavy (non-hydrogen) atoms. The molecular weight excluding hydrogens is 303 g/mol. The van der Waals surface area contributed by atoms with Gasteiger partial charge in [-0.15, -0.1) is 11.3 Å². The van der Waals surface area contributed by atoms with Crippen molar-refractivity contribution in [1.82, 2.24) is 0 Å². The Morgan fingerprint density at radius 3 is 2.25 bits per heavy atom. The normalized spacial score (nSPS) is 14.5. The summed E-state index contributed by atoms with van der Waals surface area (Å²) < 4.78 is 47.2. The van der Waals surface area contributed by atoms with Gasteiger partial charge in [0.2, 0.25) is 0 Å². The summed E-state index contributed by atoms with van der Waals surface area (Å²) in [5.74, 6) is -2.90. The lowest BCUT2D eigenvalue weighted by Crippen LogP contribution is -2.50. The monoisotopic (exact) mass is 313 g/mol. The summed E-state index contributed by atoms with van der Waals surface area (Å²) in [5.41, 5.74) is 0.432. The van der Waals surface area contributed by atoms with Crippen LogP contribution in [0.4, 0.5) is 18.2 Å². The zero-order valence-corrected chi connectivity index (χ0v) is 11.1. The number of rotatable bonds is 3. The van der Waals surface area contributed by atoms with Gasteiger partial charge in [0.25, 0.3) is 5.60 Å². The van der Waals surface area contributed by atoms with E-state index in [1.54, 1.807) is 0 Å². The van der Waals surface area contributed by atoms with Crippen LogP contribution in [0.25, 0.3) is 0 Å². The number of carbonyl (C=O) groups excluding carboxylic acids is 2. The number of aliphatic hydroxyl groups is 1. The lowest BCUT2D eigenvalue weighted by atomic mass is 9.94. The van der Waals surface area contributed by atoms with Crippen LogP contribution in [0.5, 0.6) is 0 Å². The van der Waals surface area contributed by atoms with Crippen LogP contribution in [0.15, 0.2) is 6.07 Å². The number of ether oxygens (including phenoxy) is 2. The number of esters is 2. The molecule has 0 amide bonds. The van der Waals surface area contributed by atoms with Gasteiger partial charge in [-0.2, -0.15) is 13.2 Å². The van der Waals surface area contributed by atoms with Crippen LogP contribution in [0.1, 0.15) is 15.2 Å². The molecule has 6 nitrogen and oxygen atoms in total. The van der Waals surface area contributed by atoms with Crippen molar-refractivity contribution in [2.45, 2.75) is 11.8 Å². The largest absolute Gasteiger partial charge is 0.466 e. The van der Waals surface area contributed by atoms with Gasteiger partial charge in [0, 0.05) is 5.56 Å². The Morgan fingerprint density at radius 1 is 1.30 bits per heavy atom. The van der Waals surface area contributed by atoms with Crippen LogP contribution < -0.4 is 5.73 Å². The summed E-state index contributed by atoms with van der Waals surface area (Å²) in [6, 6.07) is 0.649. The van der Waals surface area contributed by atoms with Crippen molar-refractivity contribution in [2.24, 2.45) is 0 Å². The minimum atomic E-state index is -5.37. The van der Waals surface area contributed by atoms with E-state index in [0.717, 1.165) is 7.11 Å². The first kappa shape index (κ1) is 16.2. The third kappa shape index (κ3) is 2.43. The van der Waals surface area contributed by atoms with E-state index in [-0.39, 0.29) is 4.88 Å². The highest BCUT2D eigenvalue weighted by Gasteiger charge is 2.63. The van der Waals surface area contributed by atoms with Gasteiger partial charge in [-0.25, -0.2) is 9.59 Å². The lowest BCUT2D eigenvalue weighted by molar-refractivity contribution is -0.266. The predicted octanol–water partition coefficient (Wildman–Crippen LogP) is 1.04. The number of anilines is 1. The van der Waals surface area contributed by atoms with E-state index in [0.29, 0.717) is 24.5 Å². The predicted molar refractivity (Wildman–Crippen MR) is 62.0 cm³/mol. The first-order valence-electron chi connectivity index (χ1n) is 4.95. The van der Waals surface area contributed by atoms with Gasteiger partial charge >= 0.3 is 18.1 Å². The molecule has 1 heterocycles. The maximum Gasteiger partial charge on any atom is 0.432 e. The molecule has 0 fully saturated rings. The van der Waals surface area contributed by atoms with Crippen molar-refractivity contribution in [3.63, 3.8) is 0 Å². The summed E-state index contributed by atoms with van der Waals surface area (Å²) in [5, 5.41) is 9.17. The van der Waals surface area contributed by atoms with Gasteiger partial charge in [0.1, 0.15) is 4.88 Å². The van der Waals surface area contributed by atoms with Crippen LogP contribution in [-0.4, -0.2) is 37.4 Å². The third-order valence-electron chi connectivity index (χ3n) is 2.43. The topological polar surface area (TPSA) is 98.8 Å². The third-order valence-corrected chi connectivity index (χ3v) is 3.37. The molecule has 3 N–H and O–H groups in total. The van der Waals surface area contributed by atoms with Crippen LogP contribution in [-0.2, 0) is 19.9 Å². The van der Waals surface area contributed by atoms with Crippen molar-refractivity contribution in [3.8, 4) is 0 Å². The number of hydrogen-bond acceptors (Lipinski definition) is 7. The number of alkyl halides is 3. The summed E-state index contributed by atoms with van der Waals surface area (Å²) in [4.78, 5) is 22.3. The van der Waals surface area contributed by atoms with E-state index in [4.69, 9.17) is 5.73 Å². The molecule has 1 aromatic rings. The fourth-order valence-corrected chi connectivity index (χ4v) is 2.31. The highest BCUT2D eigenvalue weighted by atomic mass is 32.1. The van der Waals surface area contributed by atoms with Gasteiger partial charge in [0.05, 0.1) is 19.2 Å². The molecule has 10 heteroatoms. The van der Waals surface area contributed by atoms with Crippen LogP contribution >= 0.6 is 11.3 Å². The number of carbonyl (C=O) groups is 2. The minimum absolute atomic E-state index is 0.286. The van der Waals surface area contributed by atoms with Gasteiger partial charge in [-0.05, 0) is 6.07 Å². The second kappa shape index (κ2) is 5.29. The molecule has 0 bridgehead atoms. The summed E-state index contributed by atoms with van der Waals surface area (Å²) in [6.07, 6.45) is -5.37. The Bertz CT molecular complexity index is 541. The number of halogens is 3. The molecule has 0 saturated carbocycles. The number of nitrogens with two attached hydrogens (primary N) is 1. The van der Waals surface area contributed by atoms with Gasteiger partial charge in [-0.3, -0.25) is 0 Å². The van der Waals surface area contributed by atoms with Crippen LogP contribution in [0.2, 0.25) is 0 Å². The molecule has 1 atom stereocenters. The minimum Gasteiger partial charge on any atom is -0.466 e. The molecule has 1 rings (SSSR count). The first-order valence-corrected chi connectivity index (χ1v) is 5.76. The number of thiophene rings is 1. The van der Waals surface area contributed by atoms with E-state index in [1.807, 2.05) is 0 Å². The van der Waals surface area contributed by atoms with Crippen molar-refractivity contribution in [2.75, 3.05) is 20.0 Å². The van der Waals surface area contributed by atoms with Crippen LogP contribution in [0, 0.1) is 0 Å². The smallest absolute Gasteiger partial charge is 0.432 e. The second-order valence-corrected chi connectivity index (χ2v) is 4.66. The van der Waals surface area contributed by atoms with E-state index < -0.39 is 34.3 Å². The van der Waals surface area contributed by atoms with Crippen LogP contribution in [0.3, 0.4) is 0 Å². The average Bonchev–Trinajstić information content (AvgIpc) is 2.76. The number of methoxy groups -OCH3 is 2. The SMILES string of the molecule is COC(=O)c1cc([C@](O)(C(=O)OC)C(F)(F)F)c(N)s1. The van der Waals surface area contributed by atoms with Crippen molar-refractivity contribution >= 4 is 28.3 Å². The molecular formula is C10H10F3NO5S. The standard InChI is InChI=1S/C10H10F3NO5S/c1-18-7(15)5-3-4(6(14)20-5)9(17,8(16)19-2)10(11,12)13/h3,17H,14H2,1-2H3/t9-/m0/s1. The van der Waals surface area contributed by atoms with E-state index in [1.165, 1.54) is 0 Å². The average molecular weight is 313 g/mol. The summed E-state index contributed by atoms with van der Waals surface area (Å²) >= 11 is 0.453. The molecule has 0 radical (unpaired) electrons. The molecule has 0 saturated heterocycles. The first-order chi connectivity index (χ1) is 9.09. The van der Waals surface area contributed by atoms with Gasteiger partial charge in [0.15, 0.2) is 0 Å². The second-order valence-electron chi connectivity index (χ2n) is 3.58. The Morgan fingerprint density at radius 2 is 1.85 bits per heavy atom. The fraction of sp³-hybridized carbons (Fsp3) is 0.400. The Balaban J connectivity index is 3.48. The van der Waals surface area contributed by atoms with E-state index in [9.17, 15) is 27.9 Å². The molecule has 0 aromatic carbocycles. The Labute approximate surface area is 114 Å². The molecule has 1 aromatic heterocycles. The molecule has 0 aliphatic rings. The van der Waals surface area contributed by atoms with Crippen molar-refractivity contribution in [3.05, 3.63) is 16.5 Å². The maximum absolute atomic E-state index is 13.0. The molecule has 0 aliphatic carbocycles. The highest BCUT2D eigenvalue weighted by Crippen LogP contribution is 2.44. The molecule has 0 unspecified atom stereocenters. The maximum atomic E-state index is 13.0. The molecule has 0 spiro atoms. The fourth-order valence-electron chi connectivity index (χ4n) is 1.42. The molecule has 112 valence electrons. The number of hydrogen-bond donors (Lipinski definition) is 2. The quantitative estimate of drug-likeness (QED) is 0.809. The zero-order valence-electron chi connectivity index (χ0n) is 10.3. The van der Waals surface area contributed by atoms with E-state index in [2.05, 4.69) is 9.47 Å². The van der Waals surface area contributed by atoms with Crippen molar-refractivity contribution in [1.29, 1.82) is 0 Å². The number of nitrogen functional groups attached to an aromatic ring is 1. The van der Waals surface area contributed by atoms with Gasteiger partial charge < -0.3 is 20.3 Å². The molecule has 0 aliphatic heterocycles.